The molecule has 0 saturated heterocycles. The van der Waals surface area contributed by atoms with Crippen LogP contribution in [0.3, 0.4) is 0 Å². The van der Waals surface area contributed by atoms with Gasteiger partial charge in [-0.1, -0.05) is 31.9 Å². The summed E-state index contributed by atoms with van der Waals surface area (Å²) >= 11 is 0. The molecule has 120 valence electrons. The largest absolute Gasteiger partial charge is 0.501 e. The van der Waals surface area contributed by atoms with Crippen LogP contribution in [-0.2, 0) is 11.3 Å². The van der Waals surface area contributed by atoms with Crippen LogP contribution < -0.4 is 0 Å². The normalized spacial score (nSPS) is 14.3. The predicted molar refractivity (Wildman–Crippen MR) is 88.7 cm³/mol. The molecule has 0 atom stereocenters. The van der Waals surface area contributed by atoms with Crippen LogP contribution in [0.15, 0.2) is 47.9 Å². The second kappa shape index (κ2) is 8.62. The average molecular weight is 303 g/mol. The number of hydrogen-bond acceptors (Lipinski definition) is 2. The van der Waals surface area contributed by atoms with Crippen molar-refractivity contribution in [2.45, 2.75) is 45.6 Å². The Balaban J connectivity index is 2.07. The third-order valence-electron chi connectivity index (χ3n) is 4.08. The van der Waals surface area contributed by atoms with Gasteiger partial charge >= 0.3 is 0 Å². The van der Waals surface area contributed by atoms with Gasteiger partial charge in [0.2, 0.25) is 0 Å². The van der Waals surface area contributed by atoms with Crippen LogP contribution in [0, 0.1) is 5.82 Å². The van der Waals surface area contributed by atoms with E-state index in [1.165, 1.54) is 37.1 Å². The second-order valence-electron chi connectivity index (χ2n) is 5.75. The standard InChI is InChI=1S/C19H26FNO/c1-3-4-5-14-21(15-16-6-8-17(20)9-7-16)18-10-12-19(22-2)13-11-18/h6-10,12H,3-5,11,13-15H2,1-2H3. The number of ether oxygens (including phenoxy) is 1. The summed E-state index contributed by atoms with van der Waals surface area (Å²) < 4.78 is 18.4. The van der Waals surface area contributed by atoms with E-state index < -0.39 is 0 Å². The Labute approximate surface area is 133 Å². The summed E-state index contributed by atoms with van der Waals surface area (Å²) in [5.74, 6) is 0.866. The maximum absolute atomic E-state index is 13.1. The molecule has 0 bridgehead atoms. The Morgan fingerprint density at radius 2 is 1.86 bits per heavy atom. The van der Waals surface area contributed by atoms with Crippen LogP contribution in [0.4, 0.5) is 4.39 Å². The van der Waals surface area contributed by atoms with E-state index >= 15 is 0 Å². The van der Waals surface area contributed by atoms with Crippen molar-refractivity contribution in [2.75, 3.05) is 13.7 Å². The summed E-state index contributed by atoms with van der Waals surface area (Å²) in [7, 11) is 1.72. The minimum atomic E-state index is -0.175. The topological polar surface area (TPSA) is 12.5 Å². The van der Waals surface area contributed by atoms with Crippen molar-refractivity contribution in [1.29, 1.82) is 0 Å². The van der Waals surface area contributed by atoms with Gasteiger partial charge in [-0.15, -0.1) is 0 Å². The van der Waals surface area contributed by atoms with Gasteiger partial charge in [0.15, 0.2) is 0 Å². The molecule has 0 N–H and O–H groups in total. The third kappa shape index (κ3) is 4.90. The smallest absolute Gasteiger partial charge is 0.123 e. The van der Waals surface area contributed by atoms with Gasteiger partial charge in [0.25, 0.3) is 0 Å². The first-order valence-corrected chi connectivity index (χ1v) is 8.16. The zero-order chi connectivity index (χ0) is 15.8. The number of nitrogens with zero attached hydrogens (tertiary/aromatic N) is 1. The number of rotatable bonds is 8. The Morgan fingerprint density at radius 3 is 2.45 bits per heavy atom. The molecule has 3 heteroatoms. The molecule has 0 radical (unpaired) electrons. The SMILES string of the molecule is CCCCCN(Cc1ccc(F)cc1)C1=CC=C(OC)CC1. The Bertz CT molecular complexity index is 519. The molecule has 1 aliphatic carbocycles. The highest BCUT2D eigenvalue weighted by molar-refractivity contribution is 5.22. The van der Waals surface area contributed by atoms with E-state index in [1.54, 1.807) is 7.11 Å². The molecule has 22 heavy (non-hydrogen) atoms. The van der Waals surface area contributed by atoms with Gasteiger partial charge in [0.1, 0.15) is 5.82 Å². The lowest BCUT2D eigenvalue weighted by Gasteiger charge is -2.29. The average Bonchev–Trinajstić information content (AvgIpc) is 2.56. The summed E-state index contributed by atoms with van der Waals surface area (Å²) in [4.78, 5) is 2.42. The number of methoxy groups -OCH3 is 1. The van der Waals surface area contributed by atoms with E-state index in [2.05, 4.69) is 24.0 Å². The lowest BCUT2D eigenvalue weighted by atomic mass is 10.1. The monoisotopic (exact) mass is 303 g/mol. The van der Waals surface area contributed by atoms with Crippen molar-refractivity contribution < 1.29 is 9.13 Å². The van der Waals surface area contributed by atoms with Crippen molar-refractivity contribution in [3.8, 4) is 0 Å². The number of allylic oxidation sites excluding steroid dienone is 4. The van der Waals surface area contributed by atoms with Gasteiger partial charge < -0.3 is 9.64 Å². The van der Waals surface area contributed by atoms with Crippen LogP contribution in [0.25, 0.3) is 0 Å². The van der Waals surface area contributed by atoms with Crippen molar-refractivity contribution in [3.05, 3.63) is 59.3 Å². The molecule has 0 heterocycles. The number of unbranched alkanes of at least 4 members (excludes halogenated alkanes) is 2. The summed E-state index contributed by atoms with van der Waals surface area (Å²) in [5.41, 5.74) is 2.50. The highest BCUT2D eigenvalue weighted by Gasteiger charge is 2.14. The van der Waals surface area contributed by atoms with Crippen molar-refractivity contribution in [1.82, 2.24) is 4.90 Å². The van der Waals surface area contributed by atoms with E-state index in [0.29, 0.717) is 0 Å². The minimum Gasteiger partial charge on any atom is -0.501 e. The maximum atomic E-state index is 13.1. The number of hydrogen-bond donors (Lipinski definition) is 0. The summed E-state index contributed by atoms with van der Waals surface area (Å²) in [6.45, 7) is 4.11. The van der Waals surface area contributed by atoms with Crippen molar-refractivity contribution in [3.63, 3.8) is 0 Å². The van der Waals surface area contributed by atoms with Gasteiger partial charge in [0.05, 0.1) is 12.9 Å². The Kier molecular flexibility index (Phi) is 6.50. The van der Waals surface area contributed by atoms with Crippen molar-refractivity contribution in [2.24, 2.45) is 0 Å². The molecular weight excluding hydrogens is 277 g/mol. The molecular formula is C19H26FNO. The van der Waals surface area contributed by atoms with E-state index in [4.69, 9.17) is 4.74 Å². The quantitative estimate of drug-likeness (QED) is 0.625. The maximum Gasteiger partial charge on any atom is 0.123 e. The van der Waals surface area contributed by atoms with E-state index in [-0.39, 0.29) is 5.82 Å². The Morgan fingerprint density at radius 1 is 1.09 bits per heavy atom. The molecule has 0 saturated carbocycles. The minimum absolute atomic E-state index is 0.175. The molecule has 2 rings (SSSR count). The summed E-state index contributed by atoms with van der Waals surface area (Å²) in [6.07, 6.45) is 9.84. The fraction of sp³-hybridized carbons (Fsp3) is 0.474. The fourth-order valence-corrected chi connectivity index (χ4v) is 2.73. The lowest BCUT2D eigenvalue weighted by Crippen LogP contribution is -2.25. The van der Waals surface area contributed by atoms with Gasteiger partial charge in [0, 0.05) is 25.2 Å². The first-order chi connectivity index (χ1) is 10.7. The molecule has 2 nitrogen and oxygen atoms in total. The summed E-state index contributed by atoms with van der Waals surface area (Å²) in [5, 5.41) is 0. The molecule has 0 aliphatic heterocycles. The first kappa shape index (κ1) is 16.6. The van der Waals surface area contributed by atoms with Gasteiger partial charge in [-0.3, -0.25) is 0 Å². The van der Waals surface area contributed by atoms with Crippen LogP contribution in [-0.4, -0.2) is 18.6 Å². The molecule has 0 fully saturated rings. The Hall–Kier alpha value is -1.77. The number of benzene rings is 1. The molecule has 0 aromatic heterocycles. The highest BCUT2D eigenvalue weighted by Crippen LogP contribution is 2.24. The van der Waals surface area contributed by atoms with Crippen LogP contribution in [0.2, 0.25) is 0 Å². The molecule has 0 unspecified atom stereocenters. The van der Waals surface area contributed by atoms with Gasteiger partial charge in [-0.25, -0.2) is 4.39 Å². The van der Waals surface area contributed by atoms with E-state index in [9.17, 15) is 4.39 Å². The fourth-order valence-electron chi connectivity index (χ4n) is 2.73. The molecule has 1 aromatic rings. The first-order valence-electron chi connectivity index (χ1n) is 8.16. The predicted octanol–water partition coefficient (Wildman–Crippen LogP) is 5.03. The van der Waals surface area contributed by atoms with Crippen LogP contribution >= 0.6 is 0 Å². The zero-order valence-corrected chi connectivity index (χ0v) is 13.6. The zero-order valence-electron chi connectivity index (χ0n) is 13.6. The highest BCUT2D eigenvalue weighted by atomic mass is 19.1. The van der Waals surface area contributed by atoms with Crippen LogP contribution in [0.5, 0.6) is 0 Å². The van der Waals surface area contributed by atoms with Gasteiger partial charge in [-0.05, 0) is 42.7 Å². The molecule has 1 aromatic carbocycles. The number of halogens is 1. The van der Waals surface area contributed by atoms with E-state index in [0.717, 1.165) is 37.3 Å². The van der Waals surface area contributed by atoms with E-state index in [1.807, 2.05) is 12.1 Å². The molecule has 0 amide bonds. The molecule has 1 aliphatic rings. The summed E-state index contributed by atoms with van der Waals surface area (Å²) in [6, 6.07) is 6.83. The van der Waals surface area contributed by atoms with Crippen LogP contribution in [0.1, 0.15) is 44.6 Å². The third-order valence-corrected chi connectivity index (χ3v) is 4.08. The lowest BCUT2D eigenvalue weighted by molar-refractivity contribution is 0.262. The van der Waals surface area contributed by atoms with Crippen molar-refractivity contribution >= 4 is 0 Å². The van der Waals surface area contributed by atoms with Gasteiger partial charge in [-0.2, -0.15) is 0 Å². The molecule has 0 spiro atoms. The second-order valence-corrected chi connectivity index (χ2v) is 5.75.